The Morgan fingerprint density at radius 1 is 1.30 bits per heavy atom. The summed E-state index contributed by atoms with van der Waals surface area (Å²) in [5, 5.41) is 10.9. The van der Waals surface area contributed by atoms with Gasteiger partial charge in [-0.25, -0.2) is 9.79 Å². The molecule has 4 rings (SSSR count). The second-order valence-electron chi connectivity index (χ2n) is 8.00. The number of aliphatic hydroxyl groups excluding tert-OH is 1. The first-order valence-electron chi connectivity index (χ1n) is 10.2. The van der Waals surface area contributed by atoms with Gasteiger partial charge in [0, 0.05) is 18.5 Å². The Labute approximate surface area is 174 Å². The van der Waals surface area contributed by atoms with Gasteiger partial charge < -0.3 is 10.8 Å². The predicted molar refractivity (Wildman–Crippen MR) is 121 cm³/mol. The average molecular weight is 406 g/mol. The highest BCUT2D eigenvalue weighted by Gasteiger charge is 2.26. The lowest BCUT2D eigenvalue weighted by Gasteiger charge is -2.26. The van der Waals surface area contributed by atoms with Crippen LogP contribution in [0.5, 0.6) is 0 Å². The summed E-state index contributed by atoms with van der Waals surface area (Å²) >= 11 is 0. The maximum atomic E-state index is 13.1. The van der Waals surface area contributed by atoms with Gasteiger partial charge in [0.05, 0.1) is 28.9 Å². The van der Waals surface area contributed by atoms with Gasteiger partial charge in [0.15, 0.2) is 0 Å². The van der Waals surface area contributed by atoms with Gasteiger partial charge in [-0.3, -0.25) is 14.1 Å². The van der Waals surface area contributed by atoms with Gasteiger partial charge in [0.25, 0.3) is 0 Å². The number of aromatic nitrogens is 3. The summed E-state index contributed by atoms with van der Waals surface area (Å²) in [6.07, 6.45) is 8.15. The number of benzene rings is 1. The first kappa shape index (κ1) is 20.1. The molecule has 3 N–H and O–H groups in total. The van der Waals surface area contributed by atoms with E-state index in [4.69, 9.17) is 5.73 Å². The minimum absolute atomic E-state index is 0.0360. The van der Waals surface area contributed by atoms with E-state index in [0.29, 0.717) is 18.7 Å². The third-order valence-corrected chi connectivity index (χ3v) is 6.09. The van der Waals surface area contributed by atoms with Crippen molar-refractivity contribution < 1.29 is 5.11 Å². The van der Waals surface area contributed by atoms with Crippen LogP contribution >= 0.6 is 0 Å². The fourth-order valence-corrected chi connectivity index (χ4v) is 4.29. The van der Waals surface area contributed by atoms with Crippen LogP contribution in [0.4, 0.5) is 0 Å². The van der Waals surface area contributed by atoms with E-state index in [0.717, 1.165) is 45.9 Å². The van der Waals surface area contributed by atoms with E-state index in [1.807, 2.05) is 29.7 Å². The molecule has 1 saturated carbocycles. The highest BCUT2D eigenvalue weighted by Crippen LogP contribution is 2.33. The number of pyridine rings is 1. The van der Waals surface area contributed by atoms with Crippen LogP contribution in [0.25, 0.3) is 27.5 Å². The summed E-state index contributed by atoms with van der Waals surface area (Å²) in [7, 11) is 1.79. The third kappa shape index (κ3) is 3.45. The molecular formula is C23H27N5O2. The molecule has 156 valence electrons. The molecular weight excluding hydrogens is 378 g/mol. The maximum absolute atomic E-state index is 13.1. The van der Waals surface area contributed by atoms with Crippen molar-refractivity contribution in [3.8, 4) is 0 Å². The van der Waals surface area contributed by atoms with Crippen molar-refractivity contribution in [2.75, 3.05) is 0 Å². The molecule has 0 amide bonds. The highest BCUT2D eigenvalue weighted by atomic mass is 16.3. The van der Waals surface area contributed by atoms with Gasteiger partial charge in [0.2, 0.25) is 0 Å². The Kier molecular flexibility index (Phi) is 5.30. The van der Waals surface area contributed by atoms with Crippen LogP contribution in [0.15, 0.2) is 52.2 Å². The Morgan fingerprint density at radius 2 is 2.03 bits per heavy atom. The number of imidazole rings is 1. The first-order valence-corrected chi connectivity index (χ1v) is 10.2. The molecule has 0 bridgehead atoms. The van der Waals surface area contributed by atoms with E-state index in [9.17, 15) is 9.90 Å². The number of hydrogen-bond acceptors (Lipinski definition) is 5. The van der Waals surface area contributed by atoms with Crippen molar-refractivity contribution in [2.24, 2.45) is 17.8 Å². The van der Waals surface area contributed by atoms with E-state index in [2.05, 4.69) is 22.8 Å². The Bertz CT molecular complexity index is 1240. The molecule has 0 saturated heterocycles. The first-order chi connectivity index (χ1) is 14.4. The van der Waals surface area contributed by atoms with Gasteiger partial charge in [-0.1, -0.05) is 12.1 Å². The van der Waals surface area contributed by atoms with E-state index >= 15 is 0 Å². The zero-order chi connectivity index (χ0) is 21.4. The van der Waals surface area contributed by atoms with E-state index in [-0.39, 0.29) is 17.8 Å². The molecule has 0 spiro atoms. The normalized spacial score (nSPS) is 20.8. The van der Waals surface area contributed by atoms with Gasteiger partial charge in [-0.05, 0) is 68.7 Å². The van der Waals surface area contributed by atoms with Crippen LogP contribution in [0.1, 0.15) is 44.2 Å². The number of hydrogen-bond donors (Lipinski definition) is 2. The molecule has 0 aliphatic heterocycles. The summed E-state index contributed by atoms with van der Waals surface area (Å²) in [5.74, 6) is 0.357. The molecule has 2 aromatic heterocycles. The van der Waals surface area contributed by atoms with Crippen molar-refractivity contribution in [3.05, 3.63) is 58.4 Å². The fraction of sp³-hybridized carbons (Fsp3) is 0.348. The number of rotatable bonds is 4. The maximum Gasteiger partial charge on any atom is 0.329 e. The van der Waals surface area contributed by atoms with Crippen LogP contribution in [0, 0.1) is 0 Å². The lowest BCUT2D eigenvalue weighted by molar-refractivity contribution is 0.111. The summed E-state index contributed by atoms with van der Waals surface area (Å²) < 4.78 is 3.58. The minimum Gasteiger partial charge on any atom is -0.393 e. The van der Waals surface area contributed by atoms with Crippen molar-refractivity contribution in [1.29, 1.82) is 0 Å². The molecule has 3 aromatic rings. The number of fused-ring (bicyclic) bond motifs is 3. The van der Waals surface area contributed by atoms with Crippen molar-refractivity contribution in [2.45, 2.75) is 44.8 Å². The van der Waals surface area contributed by atoms with E-state index < -0.39 is 0 Å². The van der Waals surface area contributed by atoms with E-state index in [1.165, 1.54) is 0 Å². The standard InChI is InChI=1S/C23H27N5O2/c1-14(4-11-21(24)25-2)15-5-10-19-18(12-15)22-20(13-26-19)27(3)23(30)28(22)16-6-8-17(29)9-7-16/h4-5,10-13,16-17,29H,2,6-9,24H2,1,3H3/b14-4+,21-11-. The van der Waals surface area contributed by atoms with Gasteiger partial charge >= 0.3 is 5.69 Å². The molecule has 2 heterocycles. The van der Waals surface area contributed by atoms with Crippen LogP contribution < -0.4 is 11.4 Å². The SMILES string of the molecule is C=N/C(N)=C\C=C(/C)c1ccc2ncc3c(c2c1)n(C1CCC(O)CC1)c(=O)n3C. The fourth-order valence-electron chi connectivity index (χ4n) is 4.29. The number of nitrogens with zero attached hydrogens (tertiary/aromatic N) is 4. The minimum atomic E-state index is -0.268. The molecule has 30 heavy (non-hydrogen) atoms. The van der Waals surface area contributed by atoms with Crippen molar-refractivity contribution in [1.82, 2.24) is 14.1 Å². The van der Waals surface area contributed by atoms with Gasteiger partial charge in [-0.2, -0.15) is 0 Å². The summed E-state index contributed by atoms with van der Waals surface area (Å²) in [5.41, 5.74) is 10.3. The highest BCUT2D eigenvalue weighted by molar-refractivity contribution is 6.03. The predicted octanol–water partition coefficient (Wildman–Crippen LogP) is 3.27. The number of allylic oxidation sites excluding steroid dienone is 3. The van der Waals surface area contributed by atoms with Crippen molar-refractivity contribution in [3.63, 3.8) is 0 Å². The lowest BCUT2D eigenvalue weighted by atomic mass is 9.92. The zero-order valence-electron chi connectivity index (χ0n) is 17.4. The largest absolute Gasteiger partial charge is 0.393 e. The molecule has 0 radical (unpaired) electrons. The third-order valence-electron chi connectivity index (χ3n) is 6.09. The number of aliphatic hydroxyl groups is 1. The molecule has 7 heteroatoms. The van der Waals surface area contributed by atoms with Gasteiger partial charge in [-0.15, -0.1) is 0 Å². The molecule has 0 atom stereocenters. The monoisotopic (exact) mass is 405 g/mol. The van der Waals surface area contributed by atoms with Crippen molar-refractivity contribution >= 4 is 34.2 Å². The van der Waals surface area contributed by atoms with Crippen LogP contribution in [0.3, 0.4) is 0 Å². The molecule has 0 unspecified atom stereocenters. The molecule has 1 fully saturated rings. The average Bonchev–Trinajstić information content (AvgIpc) is 3.02. The molecule has 1 aromatic carbocycles. The summed E-state index contributed by atoms with van der Waals surface area (Å²) in [6.45, 7) is 5.43. The Morgan fingerprint density at radius 3 is 2.73 bits per heavy atom. The number of aliphatic imine (C=N–C) groups is 1. The van der Waals surface area contributed by atoms with Crippen LogP contribution in [-0.2, 0) is 7.05 Å². The number of nitrogens with two attached hydrogens (primary N) is 1. The molecule has 1 aliphatic rings. The number of aryl methyl sites for hydroxylation is 1. The second-order valence-corrected chi connectivity index (χ2v) is 8.00. The zero-order valence-corrected chi connectivity index (χ0v) is 17.4. The summed E-state index contributed by atoms with van der Waals surface area (Å²) in [6, 6.07) is 6.15. The second kappa shape index (κ2) is 7.91. The lowest BCUT2D eigenvalue weighted by Crippen LogP contribution is -2.29. The molecule has 1 aliphatic carbocycles. The van der Waals surface area contributed by atoms with Crippen LogP contribution in [0.2, 0.25) is 0 Å². The van der Waals surface area contributed by atoms with Crippen LogP contribution in [-0.4, -0.2) is 32.0 Å². The molecule has 7 nitrogen and oxygen atoms in total. The topological polar surface area (TPSA) is 98.4 Å². The Hall–Kier alpha value is -3.19. The van der Waals surface area contributed by atoms with Gasteiger partial charge in [0.1, 0.15) is 5.82 Å². The Balaban J connectivity index is 1.92. The summed E-state index contributed by atoms with van der Waals surface area (Å²) in [4.78, 5) is 21.4. The quantitative estimate of drug-likeness (QED) is 0.514. The smallest absolute Gasteiger partial charge is 0.329 e. The van der Waals surface area contributed by atoms with E-state index in [1.54, 1.807) is 23.9 Å².